The molecule has 0 radical (unpaired) electrons. The van der Waals surface area contributed by atoms with E-state index in [-0.39, 0.29) is 5.56 Å². The Kier molecular flexibility index (Phi) is 4.76. The number of aryl methyl sites for hydroxylation is 1. The van der Waals surface area contributed by atoms with Crippen LogP contribution in [0.15, 0.2) is 64.6 Å². The third-order valence-electron chi connectivity index (χ3n) is 4.42. The van der Waals surface area contributed by atoms with Crippen molar-refractivity contribution in [1.82, 2.24) is 19.9 Å². The molecule has 28 heavy (non-hydrogen) atoms. The third kappa shape index (κ3) is 3.57. The minimum atomic E-state index is -0.444. The summed E-state index contributed by atoms with van der Waals surface area (Å²) >= 11 is 0. The molecule has 0 fully saturated rings. The minimum Gasteiger partial charge on any atom is -0.497 e. The zero-order chi connectivity index (χ0) is 19.5. The molecule has 0 aliphatic carbocycles. The highest BCUT2D eigenvalue weighted by molar-refractivity contribution is 5.93. The minimum absolute atomic E-state index is 0.148. The number of methoxy groups -OCH3 is 1. The second kappa shape index (κ2) is 7.51. The van der Waals surface area contributed by atoms with Crippen LogP contribution in [0.3, 0.4) is 0 Å². The van der Waals surface area contributed by atoms with Gasteiger partial charge in [-0.25, -0.2) is 9.98 Å². The molecule has 4 rings (SSSR count). The van der Waals surface area contributed by atoms with E-state index in [9.17, 15) is 4.79 Å². The van der Waals surface area contributed by atoms with Crippen LogP contribution in [-0.2, 0) is 6.54 Å². The Morgan fingerprint density at radius 3 is 2.79 bits per heavy atom. The number of aliphatic imine (C=N–C) groups is 1. The number of nitrogens with zero attached hydrogens (tertiary/aromatic N) is 4. The van der Waals surface area contributed by atoms with E-state index >= 15 is 0 Å². The largest absolute Gasteiger partial charge is 0.497 e. The fourth-order valence-electron chi connectivity index (χ4n) is 3.04. The Bertz CT molecular complexity index is 1060. The molecule has 0 bridgehead atoms. The predicted molar refractivity (Wildman–Crippen MR) is 107 cm³/mol. The number of aromatic nitrogens is 3. The number of benzene rings is 1. The van der Waals surface area contributed by atoms with Crippen LogP contribution in [0.4, 0.5) is 5.95 Å². The number of pyridine rings is 1. The SMILES string of the molecule is COc1ccc(CN=C2Nc3nc(C)cc(=O)n3C(c3cccnc3)N2)cc1. The monoisotopic (exact) mass is 376 g/mol. The molecular formula is C20H20N6O2. The summed E-state index contributed by atoms with van der Waals surface area (Å²) < 4.78 is 6.75. The number of guanidine groups is 1. The lowest BCUT2D eigenvalue weighted by molar-refractivity contribution is 0.414. The quantitative estimate of drug-likeness (QED) is 0.724. The van der Waals surface area contributed by atoms with E-state index in [1.54, 1.807) is 31.0 Å². The second-order valence-electron chi connectivity index (χ2n) is 6.40. The van der Waals surface area contributed by atoms with Crippen LogP contribution >= 0.6 is 0 Å². The summed E-state index contributed by atoms with van der Waals surface area (Å²) in [6, 6.07) is 13.0. The lowest BCUT2D eigenvalue weighted by Crippen LogP contribution is -2.48. The summed E-state index contributed by atoms with van der Waals surface area (Å²) in [5.41, 5.74) is 2.38. The first kappa shape index (κ1) is 17.7. The zero-order valence-electron chi connectivity index (χ0n) is 15.6. The molecule has 2 aromatic heterocycles. The average Bonchev–Trinajstić information content (AvgIpc) is 2.72. The van der Waals surface area contributed by atoms with Crippen molar-refractivity contribution in [3.63, 3.8) is 0 Å². The summed E-state index contributed by atoms with van der Waals surface area (Å²) in [5.74, 6) is 1.79. The average molecular weight is 376 g/mol. The third-order valence-corrected chi connectivity index (χ3v) is 4.42. The molecule has 0 saturated carbocycles. The number of fused-ring (bicyclic) bond motifs is 1. The standard InChI is InChI=1S/C20H20N6O2/c1-13-10-17(27)26-18(15-4-3-9-21-12-15)24-19(25-20(26)23-13)22-11-14-5-7-16(28-2)8-6-14/h3-10,12,18H,11H2,1-2H3,(H2,22,23,24,25). The van der Waals surface area contributed by atoms with Crippen molar-refractivity contribution in [2.24, 2.45) is 4.99 Å². The smallest absolute Gasteiger partial charge is 0.257 e. The van der Waals surface area contributed by atoms with Gasteiger partial charge < -0.3 is 10.1 Å². The van der Waals surface area contributed by atoms with Gasteiger partial charge in [-0.2, -0.15) is 0 Å². The second-order valence-corrected chi connectivity index (χ2v) is 6.40. The molecule has 1 atom stereocenters. The first-order valence-corrected chi connectivity index (χ1v) is 8.85. The topological polar surface area (TPSA) is 93.4 Å². The molecule has 142 valence electrons. The molecule has 8 nitrogen and oxygen atoms in total. The Morgan fingerprint density at radius 1 is 1.25 bits per heavy atom. The van der Waals surface area contributed by atoms with Crippen molar-refractivity contribution in [3.05, 3.63) is 82.0 Å². The molecule has 2 N–H and O–H groups in total. The number of nitrogens with one attached hydrogen (secondary N) is 2. The summed E-state index contributed by atoms with van der Waals surface area (Å²) in [4.78, 5) is 25.8. The van der Waals surface area contributed by atoms with Crippen molar-refractivity contribution < 1.29 is 4.74 Å². The van der Waals surface area contributed by atoms with Crippen LogP contribution in [0.1, 0.15) is 23.0 Å². The van der Waals surface area contributed by atoms with Crippen LogP contribution in [0.25, 0.3) is 0 Å². The molecule has 1 aliphatic rings. The van der Waals surface area contributed by atoms with Gasteiger partial charge in [-0.3, -0.25) is 19.7 Å². The number of hydrogen-bond donors (Lipinski definition) is 2. The molecule has 8 heteroatoms. The number of ether oxygens (including phenoxy) is 1. The first-order valence-electron chi connectivity index (χ1n) is 8.85. The molecule has 1 unspecified atom stereocenters. The lowest BCUT2D eigenvalue weighted by atomic mass is 10.2. The van der Waals surface area contributed by atoms with Gasteiger partial charge in [0, 0.05) is 29.7 Å². The van der Waals surface area contributed by atoms with E-state index in [4.69, 9.17) is 4.74 Å². The van der Waals surface area contributed by atoms with Crippen LogP contribution < -0.4 is 20.9 Å². The molecule has 1 aliphatic heterocycles. The highest BCUT2D eigenvalue weighted by Crippen LogP contribution is 2.21. The molecular weight excluding hydrogens is 356 g/mol. The molecule has 0 saturated heterocycles. The van der Waals surface area contributed by atoms with Crippen LogP contribution in [-0.4, -0.2) is 27.6 Å². The Balaban J connectivity index is 1.67. The van der Waals surface area contributed by atoms with Gasteiger partial charge in [0.1, 0.15) is 11.9 Å². The Hall–Kier alpha value is -3.68. The van der Waals surface area contributed by atoms with Crippen molar-refractivity contribution in [2.45, 2.75) is 19.6 Å². The van der Waals surface area contributed by atoms with Crippen LogP contribution in [0.5, 0.6) is 5.75 Å². The van der Waals surface area contributed by atoms with Gasteiger partial charge in [-0.05, 0) is 30.7 Å². The zero-order valence-corrected chi connectivity index (χ0v) is 15.6. The van der Waals surface area contributed by atoms with Gasteiger partial charge in [0.15, 0.2) is 5.96 Å². The van der Waals surface area contributed by atoms with Crippen molar-refractivity contribution in [3.8, 4) is 5.75 Å². The normalized spacial score (nSPS) is 16.8. The van der Waals surface area contributed by atoms with E-state index in [2.05, 4.69) is 25.6 Å². The lowest BCUT2D eigenvalue weighted by Gasteiger charge is -2.30. The molecule has 1 aromatic carbocycles. The maximum absolute atomic E-state index is 12.6. The van der Waals surface area contributed by atoms with E-state index in [0.717, 1.165) is 16.9 Å². The van der Waals surface area contributed by atoms with Crippen molar-refractivity contribution in [2.75, 3.05) is 12.4 Å². The van der Waals surface area contributed by atoms with E-state index in [0.29, 0.717) is 24.1 Å². The number of anilines is 1. The predicted octanol–water partition coefficient (Wildman–Crippen LogP) is 2.07. The van der Waals surface area contributed by atoms with Gasteiger partial charge >= 0.3 is 0 Å². The highest BCUT2D eigenvalue weighted by Gasteiger charge is 2.26. The fraction of sp³-hybridized carbons (Fsp3) is 0.200. The summed E-state index contributed by atoms with van der Waals surface area (Å²) in [7, 11) is 1.64. The van der Waals surface area contributed by atoms with Gasteiger partial charge in [0.05, 0.1) is 13.7 Å². The van der Waals surface area contributed by atoms with E-state index in [1.165, 1.54) is 6.07 Å². The molecule has 3 aromatic rings. The maximum Gasteiger partial charge on any atom is 0.257 e. The summed E-state index contributed by atoms with van der Waals surface area (Å²) in [5, 5.41) is 6.39. The van der Waals surface area contributed by atoms with E-state index < -0.39 is 6.17 Å². The van der Waals surface area contributed by atoms with Gasteiger partial charge in [0.25, 0.3) is 5.56 Å². The summed E-state index contributed by atoms with van der Waals surface area (Å²) in [6.45, 7) is 2.26. The molecule has 0 spiro atoms. The van der Waals surface area contributed by atoms with Crippen molar-refractivity contribution >= 4 is 11.9 Å². The molecule has 0 amide bonds. The maximum atomic E-state index is 12.6. The van der Waals surface area contributed by atoms with Gasteiger partial charge in [-0.15, -0.1) is 0 Å². The fourth-order valence-corrected chi connectivity index (χ4v) is 3.04. The van der Waals surface area contributed by atoms with Gasteiger partial charge in [0.2, 0.25) is 5.95 Å². The van der Waals surface area contributed by atoms with E-state index in [1.807, 2.05) is 36.4 Å². The number of hydrogen-bond acceptors (Lipinski definition) is 5. The van der Waals surface area contributed by atoms with Crippen LogP contribution in [0, 0.1) is 6.92 Å². The van der Waals surface area contributed by atoms with Gasteiger partial charge in [-0.1, -0.05) is 18.2 Å². The summed E-state index contributed by atoms with van der Waals surface area (Å²) in [6.07, 6.45) is 2.97. The van der Waals surface area contributed by atoms with Crippen molar-refractivity contribution in [1.29, 1.82) is 0 Å². The first-order chi connectivity index (χ1) is 13.6. The Morgan fingerprint density at radius 2 is 2.07 bits per heavy atom. The van der Waals surface area contributed by atoms with Crippen LogP contribution in [0.2, 0.25) is 0 Å². The molecule has 3 heterocycles. The highest BCUT2D eigenvalue weighted by atomic mass is 16.5. The Labute approximate surface area is 162 Å². The number of rotatable bonds is 4.